The molecule has 232 valence electrons. The first kappa shape index (κ1) is 31.7. The lowest BCUT2D eigenvalue weighted by Crippen LogP contribution is -2.40. The molecular formula is C37H30F3N3O3. The minimum absolute atomic E-state index is 0.274. The van der Waals surface area contributed by atoms with Gasteiger partial charge in [-0.25, -0.2) is 0 Å². The molecule has 0 heterocycles. The predicted octanol–water partition coefficient (Wildman–Crippen LogP) is 7.72. The summed E-state index contributed by atoms with van der Waals surface area (Å²) in [6.07, 6.45) is -4.47. The van der Waals surface area contributed by atoms with Gasteiger partial charge in [-0.3, -0.25) is 14.4 Å². The Morgan fingerprint density at radius 3 is 2.00 bits per heavy atom. The molecule has 5 rings (SSSR count). The van der Waals surface area contributed by atoms with Gasteiger partial charge in [-0.05, 0) is 71.1 Å². The van der Waals surface area contributed by atoms with Crippen LogP contribution in [0.2, 0.25) is 0 Å². The fraction of sp³-hybridized carbons (Fsp3) is 0.108. The summed E-state index contributed by atoms with van der Waals surface area (Å²) in [6.45, 7) is 2.03. The zero-order chi connectivity index (χ0) is 32.7. The van der Waals surface area contributed by atoms with E-state index in [2.05, 4.69) is 16.0 Å². The van der Waals surface area contributed by atoms with Crippen molar-refractivity contribution in [3.8, 4) is 11.1 Å². The quantitative estimate of drug-likeness (QED) is 0.158. The van der Waals surface area contributed by atoms with Crippen LogP contribution >= 0.6 is 0 Å². The molecule has 0 spiro atoms. The summed E-state index contributed by atoms with van der Waals surface area (Å²) in [5, 5.41) is 8.56. The number of anilines is 1. The third kappa shape index (κ3) is 7.68. The number of carbonyl (C=O) groups is 3. The zero-order valence-electron chi connectivity index (χ0n) is 24.8. The van der Waals surface area contributed by atoms with Crippen molar-refractivity contribution in [3.05, 3.63) is 161 Å². The summed E-state index contributed by atoms with van der Waals surface area (Å²) < 4.78 is 39.1. The van der Waals surface area contributed by atoms with Gasteiger partial charge in [0, 0.05) is 23.4 Å². The molecule has 0 aliphatic heterocycles. The van der Waals surface area contributed by atoms with Crippen molar-refractivity contribution in [2.45, 2.75) is 25.7 Å². The Hall–Kier alpha value is -5.70. The van der Waals surface area contributed by atoms with E-state index in [9.17, 15) is 27.6 Å². The second-order valence-electron chi connectivity index (χ2n) is 10.6. The second kappa shape index (κ2) is 13.9. The van der Waals surface area contributed by atoms with E-state index in [0.29, 0.717) is 34.5 Å². The third-order valence-corrected chi connectivity index (χ3v) is 7.41. The smallest absolute Gasteiger partial charge is 0.350 e. The van der Waals surface area contributed by atoms with E-state index < -0.39 is 29.6 Å². The van der Waals surface area contributed by atoms with Gasteiger partial charge >= 0.3 is 6.18 Å². The Bertz CT molecular complexity index is 1840. The maximum absolute atomic E-state index is 13.4. The highest BCUT2D eigenvalue weighted by atomic mass is 19.4. The lowest BCUT2D eigenvalue weighted by Gasteiger charge is -2.19. The summed E-state index contributed by atoms with van der Waals surface area (Å²) in [5.41, 5.74) is 3.30. The predicted molar refractivity (Wildman–Crippen MR) is 171 cm³/mol. The molecule has 0 saturated carbocycles. The minimum Gasteiger partial charge on any atom is -0.350 e. The van der Waals surface area contributed by atoms with Gasteiger partial charge in [-0.1, -0.05) is 91.0 Å². The molecule has 1 atom stereocenters. The van der Waals surface area contributed by atoms with Crippen molar-refractivity contribution in [1.82, 2.24) is 10.6 Å². The summed E-state index contributed by atoms with van der Waals surface area (Å²) in [4.78, 5) is 39.9. The van der Waals surface area contributed by atoms with Crippen molar-refractivity contribution >= 4 is 23.4 Å². The summed E-state index contributed by atoms with van der Waals surface area (Å²) >= 11 is 0. The van der Waals surface area contributed by atoms with E-state index in [1.54, 1.807) is 73.7 Å². The molecule has 0 aromatic heterocycles. The van der Waals surface area contributed by atoms with Gasteiger partial charge in [0.25, 0.3) is 11.8 Å². The van der Waals surface area contributed by atoms with E-state index in [-0.39, 0.29) is 17.0 Å². The van der Waals surface area contributed by atoms with Crippen molar-refractivity contribution in [2.75, 3.05) is 5.32 Å². The number of rotatable bonds is 9. The van der Waals surface area contributed by atoms with Crippen molar-refractivity contribution in [3.63, 3.8) is 0 Å². The SMILES string of the molecule is Cc1cc(C(=O)N[C@H](C(=O)NCc2ccccc2)c2ccccc2)ccc1NC(=O)c1ccccc1-c1ccc(C(F)(F)F)cc1. The van der Waals surface area contributed by atoms with E-state index in [0.717, 1.165) is 17.7 Å². The first-order chi connectivity index (χ1) is 22.1. The van der Waals surface area contributed by atoms with Crippen LogP contribution in [-0.4, -0.2) is 17.7 Å². The first-order valence-corrected chi connectivity index (χ1v) is 14.5. The lowest BCUT2D eigenvalue weighted by molar-refractivity contribution is -0.137. The maximum atomic E-state index is 13.4. The molecule has 0 fully saturated rings. The highest BCUT2D eigenvalue weighted by Gasteiger charge is 2.30. The lowest BCUT2D eigenvalue weighted by atomic mass is 9.98. The van der Waals surface area contributed by atoms with Crippen molar-refractivity contribution in [2.24, 2.45) is 0 Å². The molecule has 46 heavy (non-hydrogen) atoms. The average molecular weight is 622 g/mol. The van der Waals surface area contributed by atoms with Crippen LogP contribution < -0.4 is 16.0 Å². The number of carbonyl (C=O) groups excluding carboxylic acids is 3. The monoisotopic (exact) mass is 621 g/mol. The van der Waals surface area contributed by atoms with Crippen LogP contribution in [0.4, 0.5) is 18.9 Å². The number of hydrogen-bond acceptors (Lipinski definition) is 3. The molecule has 3 amide bonds. The van der Waals surface area contributed by atoms with Crippen LogP contribution in [0.3, 0.4) is 0 Å². The van der Waals surface area contributed by atoms with Crippen molar-refractivity contribution in [1.29, 1.82) is 0 Å². The van der Waals surface area contributed by atoms with E-state index in [1.165, 1.54) is 12.1 Å². The Morgan fingerprint density at radius 2 is 1.35 bits per heavy atom. The van der Waals surface area contributed by atoms with Gasteiger partial charge in [0.1, 0.15) is 6.04 Å². The van der Waals surface area contributed by atoms with E-state index in [4.69, 9.17) is 0 Å². The number of alkyl halides is 3. The van der Waals surface area contributed by atoms with Gasteiger partial charge < -0.3 is 16.0 Å². The summed E-state index contributed by atoms with van der Waals surface area (Å²) in [5.74, 6) is -1.30. The molecule has 3 N–H and O–H groups in total. The van der Waals surface area contributed by atoms with Crippen LogP contribution in [0.5, 0.6) is 0 Å². The largest absolute Gasteiger partial charge is 0.416 e. The van der Waals surface area contributed by atoms with Crippen molar-refractivity contribution < 1.29 is 27.6 Å². The van der Waals surface area contributed by atoms with Gasteiger partial charge in [0.15, 0.2) is 0 Å². The molecule has 6 nitrogen and oxygen atoms in total. The van der Waals surface area contributed by atoms with Crippen LogP contribution in [0, 0.1) is 6.92 Å². The number of halogens is 3. The number of nitrogens with one attached hydrogen (secondary N) is 3. The highest BCUT2D eigenvalue weighted by Crippen LogP contribution is 2.32. The first-order valence-electron chi connectivity index (χ1n) is 14.5. The topological polar surface area (TPSA) is 87.3 Å². The van der Waals surface area contributed by atoms with Gasteiger partial charge in [0.05, 0.1) is 5.56 Å². The molecule has 0 aliphatic rings. The normalized spacial score (nSPS) is 11.7. The fourth-order valence-electron chi connectivity index (χ4n) is 4.95. The number of aryl methyl sites for hydroxylation is 1. The maximum Gasteiger partial charge on any atom is 0.416 e. The van der Waals surface area contributed by atoms with Gasteiger partial charge in [-0.2, -0.15) is 13.2 Å². The molecule has 0 saturated heterocycles. The van der Waals surface area contributed by atoms with Crippen LogP contribution in [0.1, 0.15) is 49.0 Å². The molecular weight excluding hydrogens is 591 g/mol. The zero-order valence-corrected chi connectivity index (χ0v) is 24.8. The molecule has 9 heteroatoms. The molecule has 0 radical (unpaired) electrons. The summed E-state index contributed by atoms with van der Waals surface area (Å²) in [7, 11) is 0. The Balaban J connectivity index is 1.30. The van der Waals surface area contributed by atoms with Gasteiger partial charge in [0.2, 0.25) is 5.91 Å². The molecule has 0 unspecified atom stereocenters. The fourth-order valence-corrected chi connectivity index (χ4v) is 4.95. The Morgan fingerprint density at radius 1 is 0.717 bits per heavy atom. The second-order valence-corrected chi connectivity index (χ2v) is 10.6. The van der Waals surface area contributed by atoms with E-state index in [1.807, 2.05) is 36.4 Å². The molecule has 5 aromatic rings. The number of amides is 3. The molecule has 5 aromatic carbocycles. The van der Waals surface area contributed by atoms with Crippen LogP contribution in [0.25, 0.3) is 11.1 Å². The molecule has 0 aliphatic carbocycles. The molecule has 0 bridgehead atoms. The number of benzene rings is 5. The van der Waals surface area contributed by atoms with E-state index >= 15 is 0 Å². The minimum atomic E-state index is -4.47. The van der Waals surface area contributed by atoms with Crippen LogP contribution in [0.15, 0.2) is 127 Å². The van der Waals surface area contributed by atoms with Gasteiger partial charge in [-0.15, -0.1) is 0 Å². The highest BCUT2D eigenvalue weighted by molar-refractivity contribution is 6.09. The van der Waals surface area contributed by atoms with Crippen LogP contribution in [-0.2, 0) is 17.5 Å². The average Bonchev–Trinajstić information content (AvgIpc) is 3.07. The number of hydrogen-bond donors (Lipinski definition) is 3. The Labute approximate surface area is 264 Å². The third-order valence-electron chi connectivity index (χ3n) is 7.41. The summed E-state index contributed by atoms with van der Waals surface area (Å²) in [6, 6.07) is 33.4. The Kier molecular flexibility index (Phi) is 9.61. The standard InChI is InChI=1S/C37H30F3N3O3/c1-24-22-28(34(44)43-33(27-12-6-3-7-13-27)36(46)41-23-25-10-4-2-5-11-25)18-21-32(24)42-35(45)31-15-9-8-14-30(31)26-16-19-29(20-17-26)37(38,39)40/h2-22,33H,23H2,1H3,(H,41,46)(H,42,45)(H,43,44)/t33-/m0/s1.